The lowest BCUT2D eigenvalue weighted by Gasteiger charge is -2.14. The highest BCUT2D eigenvalue weighted by molar-refractivity contribution is 5.93. The predicted molar refractivity (Wildman–Crippen MR) is 63.2 cm³/mol. The van der Waals surface area contributed by atoms with Gasteiger partial charge in [-0.1, -0.05) is 6.92 Å². The van der Waals surface area contributed by atoms with Gasteiger partial charge in [0.1, 0.15) is 17.4 Å². The molecule has 0 heterocycles. The van der Waals surface area contributed by atoms with Gasteiger partial charge >= 0.3 is 12.3 Å². The molecule has 0 unspecified atom stereocenters. The molecule has 108 valence electrons. The summed E-state index contributed by atoms with van der Waals surface area (Å²) >= 11 is 0. The number of carbonyl (C=O) groups excluding carboxylic acids is 1. The SMILES string of the molecule is CCOC(=O)c1cc(CC)cc(OC(F)(F)F)c1C#N. The first kappa shape index (κ1) is 15.8. The Labute approximate surface area is 113 Å². The minimum atomic E-state index is -4.94. The summed E-state index contributed by atoms with van der Waals surface area (Å²) in [5.74, 6) is -1.55. The standard InChI is InChI=1S/C13H12F3NO3/c1-3-8-5-9(12(18)19-4-2)10(7-17)11(6-8)20-13(14,15)16/h5-6H,3-4H2,1-2H3. The van der Waals surface area contributed by atoms with Crippen LogP contribution in [0.5, 0.6) is 5.75 Å². The first-order chi connectivity index (χ1) is 9.32. The average molecular weight is 287 g/mol. The van der Waals surface area contributed by atoms with Gasteiger partial charge in [-0.15, -0.1) is 13.2 Å². The normalized spacial score (nSPS) is 10.8. The largest absolute Gasteiger partial charge is 0.573 e. The molecule has 0 aliphatic rings. The number of esters is 1. The van der Waals surface area contributed by atoms with E-state index in [0.717, 1.165) is 6.07 Å². The molecular formula is C13H12F3NO3. The minimum absolute atomic E-state index is 0.0511. The Balaban J connectivity index is 3.40. The van der Waals surface area contributed by atoms with E-state index in [1.54, 1.807) is 19.9 Å². The highest BCUT2D eigenvalue weighted by atomic mass is 19.4. The zero-order valence-corrected chi connectivity index (χ0v) is 10.9. The second-order valence-corrected chi connectivity index (χ2v) is 3.75. The number of hydrogen-bond donors (Lipinski definition) is 0. The van der Waals surface area contributed by atoms with E-state index in [1.165, 1.54) is 6.07 Å². The van der Waals surface area contributed by atoms with Crippen molar-refractivity contribution in [3.8, 4) is 11.8 Å². The molecule has 20 heavy (non-hydrogen) atoms. The van der Waals surface area contributed by atoms with E-state index >= 15 is 0 Å². The Hall–Kier alpha value is -2.23. The molecule has 0 spiro atoms. The van der Waals surface area contributed by atoms with Crippen molar-refractivity contribution in [2.45, 2.75) is 26.6 Å². The maximum atomic E-state index is 12.3. The van der Waals surface area contributed by atoms with Crippen LogP contribution < -0.4 is 4.74 Å². The van der Waals surface area contributed by atoms with Gasteiger partial charge in [-0.05, 0) is 31.0 Å². The first-order valence-corrected chi connectivity index (χ1v) is 5.82. The Bertz CT molecular complexity index is 547. The zero-order valence-electron chi connectivity index (χ0n) is 10.9. The second-order valence-electron chi connectivity index (χ2n) is 3.75. The molecule has 0 aromatic heterocycles. The lowest BCUT2D eigenvalue weighted by atomic mass is 10.0. The molecule has 0 bridgehead atoms. The average Bonchev–Trinajstić information content (AvgIpc) is 2.36. The number of aryl methyl sites for hydroxylation is 1. The van der Waals surface area contributed by atoms with E-state index in [0.29, 0.717) is 12.0 Å². The monoisotopic (exact) mass is 287 g/mol. The summed E-state index contributed by atoms with van der Waals surface area (Å²) in [6.07, 6.45) is -4.56. The van der Waals surface area contributed by atoms with Crippen LogP contribution in [-0.4, -0.2) is 18.9 Å². The van der Waals surface area contributed by atoms with Gasteiger partial charge in [0.25, 0.3) is 0 Å². The molecule has 1 rings (SSSR count). The minimum Gasteiger partial charge on any atom is -0.462 e. The fourth-order valence-corrected chi connectivity index (χ4v) is 1.57. The van der Waals surface area contributed by atoms with Crippen LogP contribution in [-0.2, 0) is 11.2 Å². The molecule has 1 aromatic carbocycles. The Kier molecular flexibility index (Phi) is 4.97. The number of hydrogen-bond acceptors (Lipinski definition) is 4. The van der Waals surface area contributed by atoms with E-state index < -0.39 is 23.6 Å². The molecule has 0 N–H and O–H groups in total. The maximum Gasteiger partial charge on any atom is 0.573 e. The van der Waals surface area contributed by atoms with E-state index in [-0.39, 0.29) is 12.2 Å². The molecule has 0 atom stereocenters. The molecule has 0 amide bonds. The second kappa shape index (κ2) is 6.28. The van der Waals surface area contributed by atoms with Crippen LogP contribution in [0.1, 0.15) is 35.3 Å². The summed E-state index contributed by atoms with van der Waals surface area (Å²) in [5.41, 5.74) is -0.280. The van der Waals surface area contributed by atoms with Crippen molar-refractivity contribution in [1.29, 1.82) is 5.26 Å². The van der Waals surface area contributed by atoms with Crippen LogP contribution in [0, 0.1) is 11.3 Å². The molecule has 7 heteroatoms. The summed E-state index contributed by atoms with van der Waals surface area (Å²) < 4.78 is 45.5. The van der Waals surface area contributed by atoms with Gasteiger partial charge < -0.3 is 9.47 Å². The van der Waals surface area contributed by atoms with Crippen molar-refractivity contribution in [2.75, 3.05) is 6.61 Å². The van der Waals surface area contributed by atoms with Crippen molar-refractivity contribution in [3.05, 3.63) is 28.8 Å². The maximum absolute atomic E-state index is 12.3. The summed E-state index contributed by atoms with van der Waals surface area (Å²) in [6, 6.07) is 3.98. The number of alkyl halides is 3. The van der Waals surface area contributed by atoms with Crippen molar-refractivity contribution >= 4 is 5.97 Å². The molecule has 0 saturated heterocycles. The third-order valence-electron chi connectivity index (χ3n) is 2.40. The molecule has 0 radical (unpaired) electrons. The molecule has 0 fully saturated rings. The van der Waals surface area contributed by atoms with Crippen LogP contribution in [0.25, 0.3) is 0 Å². The summed E-state index contributed by atoms with van der Waals surface area (Å²) in [6.45, 7) is 3.31. The van der Waals surface area contributed by atoms with Gasteiger partial charge in [-0.3, -0.25) is 0 Å². The Morgan fingerprint density at radius 3 is 2.45 bits per heavy atom. The zero-order chi connectivity index (χ0) is 15.3. The lowest BCUT2D eigenvalue weighted by Crippen LogP contribution is -2.19. The number of halogens is 3. The Morgan fingerprint density at radius 2 is 2.00 bits per heavy atom. The van der Waals surface area contributed by atoms with Crippen LogP contribution in [0.3, 0.4) is 0 Å². The molecular weight excluding hydrogens is 275 g/mol. The van der Waals surface area contributed by atoms with Gasteiger partial charge in [0.05, 0.1) is 12.2 Å². The molecule has 0 aliphatic carbocycles. The molecule has 4 nitrogen and oxygen atoms in total. The fourth-order valence-electron chi connectivity index (χ4n) is 1.57. The van der Waals surface area contributed by atoms with E-state index in [4.69, 9.17) is 10.00 Å². The third kappa shape index (κ3) is 3.88. The fraction of sp³-hybridized carbons (Fsp3) is 0.385. The number of carbonyl (C=O) groups is 1. The summed E-state index contributed by atoms with van der Waals surface area (Å²) in [7, 11) is 0. The predicted octanol–water partition coefficient (Wildman–Crippen LogP) is 3.20. The van der Waals surface area contributed by atoms with E-state index in [2.05, 4.69) is 4.74 Å². The topological polar surface area (TPSA) is 59.3 Å². The van der Waals surface area contributed by atoms with Gasteiger partial charge in [0.15, 0.2) is 0 Å². The molecule has 0 saturated carbocycles. The third-order valence-corrected chi connectivity index (χ3v) is 2.40. The lowest BCUT2D eigenvalue weighted by molar-refractivity contribution is -0.274. The van der Waals surface area contributed by atoms with Crippen molar-refractivity contribution in [1.82, 2.24) is 0 Å². The van der Waals surface area contributed by atoms with E-state index in [1.807, 2.05) is 0 Å². The molecule has 0 aliphatic heterocycles. The van der Waals surface area contributed by atoms with E-state index in [9.17, 15) is 18.0 Å². The van der Waals surface area contributed by atoms with Crippen LogP contribution in [0.4, 0.5) is 13.2 Å². The smallest absolute Gasteiger partial charge is 0.462 e. The van der Waals surface area contributed by atoms with Crippen LogP contribution in [0.15, 0.2) is 12.1 Å². The van der Waals surface area contributed by atoms with Gasteiger partial charge in [-0.25, -0.2) is 4.79 Å². The highest BCUT2D eigenvalue weighted by Crippen LogP contribution is 2.30. The van der Waals surface area contributed by atoms with Crippen molar-refractivity contribution < 1.29 is 27.4 Å². The van der Waals surface area contributed by atoms with Gasteiger partial charge in [0.2, 0.25) is 0 Å². The van der Waals surface area contributed by atoms with Crippen molar-refractivity contribution in [2.24, 2.45) is 0 Å². The summed E-state index contributed by atoms with van der Waals surface area (Å²) in [4.78, 5) is 11.7. The summed E-state index contributed by atoms with van der Waals surface area (Å²) in [5, 5.41) is 8.97. The first-order valence-electron chi connectivity index (χ1n) is 5.82. The number of nitriles is 1. The number of benzene rings is 1. The van der Waals surface area contributed by atoms with Crippen LogP contribution in [0.2, 0.25) is 0 Å². The quantitative estimate of drug-likeness (QED) is 0.798. The van der Waals surface area contributed by atoms with Gasteiger partial charge in [0, 0.05) is 0 Å². The highest BCUT2D eigenvalue weighted by Gasteiger charge is 2.33. The number of nitrogens with zero attached hydrogens (tertiary/aromatic N) is 1. The van der Waals surface area contributed by atoms with Gasteiger partial charge in [-0.2, -0.15) is 5.26 Å². The van der Waals surface area contributed by atoms with Crippen molar-refractivity contribution in [3.63, 3.8) is 0 Å². The number of ether oxygens (including phenoxy) is 2. The number of rotatable bonds is 4. The Morgan fingerprint density at radius 1 is 1.35 bits per heavy atom. The van der Waals surface area contributed by atoms with Crippen LogP contribution >= 0.6 is 0 Å². The molecule has 1 aromatic rings.